The van der Waals surface area contributed by atoms with Crippen LogP contribution in [0.25, 0.3) is 0 Å². The molecule has 2 heterocycles. The summed E-state index contributed by atoms with van der Waals surface area (Å²) in [4.78, 5) is 26.6. The Hall–Kier alpha value is -3.93. The van der Waals surface area contributed by atoms with E-state index in [9.17, 15) is 14.7 Å². The standard InChI is InChI=1S/C33H36N2O4/c1-32(2)23-13-8-10-15-25(23)34(5)27(32)19-21-30(38)22(31(21)39)20-28-33(3,4)24-14-9-11-16-26(24)35(28)18-12-6-7-17-29(36)37/h8-11,13-16,19-20H,6-7,12,17-18H2,1-5H3,(H-,36,37,38,39)/p+1. The molecule has 0 saturated heterocycles. The Balaban J connectivity index is 1.47. The Morgan fingerprint density at radius 1 is 0.923 bits per heavy atom. The van der Waals surface area contributed by atoms with Crippen molar-refractivity contribution in [1.82, 2.24) is 0 Å². The van der Waals surface area contributed by atoms with Gasteiger partial charge in [0.15, 0.2) is 5.71 Å². The first kappa shape index (κ1) is 26.7. The number of hydrogen-bond donors (Lipinski definition) is 2. The Labute approximate surface area is 230 Å². The highest BCUT2D eigenvalue weighted by Crippen LogP contribution is 2.49. The molecule has 0 aromatic heterocycles. The molecule has 2 aromatic rings. The van der Waals surface area contributed by atoms with Crippen LogP contribution in [0.1, 0.15) is 64.5 Å². The van der Waals surface area contributed by atoms with Gasteiger partial charge in [0.25, 0.3) is 0 Å². The number of benzene rings is 2. The highest BCUT2D eigenvalue weighted by Gasteiger charge is 2.46. The van der Waals surface area contributed by atoms with Crippen molar-refractivity contribution in [1.29, 1.82) is 0 Å². The minimum atomic E-state index is -0.771. The number of carbonyl (C=O) groups excluding carboxylic acids is 1. The van der Waals surface area contributed by atoms with Gasteiger partial charge >= 0.3 is 5.97 Å². The lowest BCUT2D eigenvalue weighted by atomic mass is 9.77. The number of Topliss-reactive ketones (excluding diaryl/α,β-unsaturated/α-hetero) is 1. The monoisotopic (exact) mass is 525 g/mol. The molecule has 0 bridgehead atoms. The van der Waals surface area contributed by atoms with E-state index in [4.69, 9.17) is 5.11 Å². The van der Waals surface area contributed by atoms with Crippen LogP contribution in [0.15, 0.2) is 83.3 Å². The van der Waals surface area contributed by atoms with Gasteiger partial charge in [-0.15, -0.1) is 0 Å². The predicted molar refractivity (Wildman–Crippen MR) is 154 cm³/mol. The summed E-state index contributed by atoms with van der Waals surface area (Å²) < 4.78 is 2.10. The van der Waals surface area contributed by atoms with Crippen LogP contribution in [0.4, 0.5) is 11.4 Å². The maximum atomic E-state index is 13.5. The van der Waals surface area contributed by atoms with E-state index in [0.29, 0.717) is 24.1 Å². The molecule has 6 heteroatoms. The molecule has 3 aliphatic rings. The second kappa shape index (κ2) is 9.67. The van der Waals surface area contributed by atoms with Crippen LogP contribution in [-0.4, -0.2) is 45.8 Å². The third-order valence-corrected chi connectivity index (χ3v) is 8.57. The van der Waals surface area contributed by atoms with Gasteiger partial charge in [-0.25, -0.2) is 0 Å². The van der Waals surface area contributed by atoms with Crippen LogP contribution >= 0.6 is 0 Å². The average Bonchev–Trinajstić information content (AvgIpc) is 3.23. The lowest BCUT2D eigenvalue weighted by Gasteiger charge is -2.29. The van der Waals surface area contributed by atoms with Gasteiger partial charge in [0.05, 0.1) is 16.6 Å². The van der Waals surface area contributed by atoms with Crippen molar-refractivity contribution in [2.75, 3.05) is 18.5 Å². The second-order valence-electron chi connectivity index (χ2n) is 11.8. The number of ketones is 1. The molecule has 0 spiro atoms. The molecule has 2 aliphatic heterocycles. The van der Waals surface area contributed by atoms with Crippen molar-refractivity contribution in [3.05, 3.63) is 94.4 Å². The molecule has 202 valence electrons. The third kappa shape index (κ3) is 4.32. The van der Waals surface area contributed by atoms with Gasteiger partial charge in [0.1, 0.15) is 12.8 Å². The summed E-state index contributed by atoms with van der Waals surface area (Å²) in [5.74, 6) is -0.888. The smallest absolute Gasteiger partial charge is 0.303 e. The van der Waals surface area contributed by atoms with E-state index < -0.39 is 5.97 Å². The van der Waals surface area contributed by atoms with Crippen LogP contribution in [0.3, 0.4) is 0 Å². The van der Waals surface area contributed by atoms with E-state index >= 15 is 0 Å². The number of carbonyl (C=O) groups is 2. The summed E-state index contributed by atoms with van der Waals surface area (Å²) in [6.07, 6.45) is 6.15. The van der Waals surface area contributed by atoms with E-state index in [1.54, 1.807) is 0 Å². The molecule has 0 fully saturated rings. The van der Waals surface area contributed by atoms with Crippen molar-refractivity contribution in [2.24, 2.45) is 0 Å². The molecule has 5 rings (SSSR count). The fourth-order valence-corrected chi connectivity index (χ4v) is 6.31. The topological polar surface area (TPSA) is 80.9 Å². The third-order valence-electron chi connectivity index (χ3n) is 8.57. The van der Waals surface area contributed by atoms with Crippen LogP contribution in [-0.2, 0) is 20.4 Å². The highest BCUT2D eigenvalue weighted by molar-refractivity contribution is 6.24. The molecule has 2 N–H and O–H groups in total. The molecule has 0 radical (unpaired) electrons. The van der Waals surface area contributed by atoms with E-state index in [2.05, 4.69) is 61.4 Å². The summed E-state index contributed by atoms with van der Waals surface area (Å²) in [6.45, 7) is 9.28. The minimum absolute atomic E-state index is 0.0355. The van der Waals surface area contributed by atoms with Gasteiger partial charge in [-0.1, -0.05) is 56.7 Å². The number of carboxylic acid groups (broad SMARTS) is 1. The molecule has 6 nitrogen and oxygen atoms in total. The number of fused-ring (bicyclic) bond motifs is 2. The van der Waals surface area contributed by atoms with Crippen molar-refractivity contribution in [3.8, 4) is 0 Å². The molecule has 0 unspecified atom stereocenters. The van der Waals surface area contributed by atoms with Crippen molar-refractivity contribution in [2.45, 2.75) is 64.2 Å². The van der Waals surface area contributed by atoms with Gasteiger partial charge in [0.2, 0.25) is 11.5 Å². The Bertz CT molecular complexity index is 1500. The van der Waals surface area contributed by atoms with E-state index in [1.165, 1.54) is 11.1 Å². The summed E-state index contributed by atoms with van der Waals surface area (Å²) >= 11 is 0. The maximum absolute atomic E-state index is 13.5. The quantitative estimate of drug-likeness (QED) is 0.239. The van der Waals surface area contributed by atoms with Gasteiger partial charge in [-0.05, 0) is 44.4 Å². The van der Waals surface area contributed by atoms with Gasteiger partial charge in [0, 0.05) is 47.5 Å². The first-order valence-corrected chi connectivity index (χ1v) is 13.7. The second-order valence-corrected chi connectivity index (χ2v) is 11.8. The fraction of sp³-hybridized carbons (Fsp3) is 0.364. The summed E-state index contributed by atoms with van der Waals surface area (Å²) in [5, 5.41) is 20.1. The Kier molecular flexibility index (Phi) is 6.61. The average molecular weight is 526 g/mol. The number of para-hydroxylation sites is 2. The molecule has 0 saturated carbocycles. The predicted octanol–water partition coefficient (Wildman–Crippen LogP) is 6.34. The minimum Gasteiger partial charge on any atom is -0.506 e. The number of hydrogen-bond acceptors (Lipinski definition) is 4. The van der Waals surface area contributed by atoms with Gasteiger partial charge < -0.3 is 15.1 Å². The first-order chi connectivity index (χ1) is 18.5. The number of rotatable bonds is 8. The van der Waals surface area contributed by atoms with Crippen LogP contribution in [0, 0.1) is 0 Å². The molecular formula is C33H37N2O4+. The maximum Gasteiger partial charge on any atom is 0.303 e. The lowest BCUT2D eigenvalue weighted by Crippen LogP contribution is -2.31. The summed E-state index contributed by atoms with van der Waals surface area (Å²) in [7, 11) is 2.00. The normalized spacial score (nSPS) is 21.1. The first-order valence-electron chi connectivity index (χ1n) is 13.7. The van der Waals surface area contributed by atoms with Crippen molar-refractivity contribution >= 4 is 28.8 Å². The fourth-order valence-electron chi connectivity index (χ4n) is 6.31. The van der Waals surface area contributed by atoms with E-state index in [1.807, 2.05) is 43.5 Å². The molecular weight excluding hydrogens is 488 g/mol. The zero-order valence-corrected chi connectivity index (χ0v) is 23.4. The number of unbranched alkanes of at least 4 members (excludes halogenated alkanes) is 2. The SMILES string of the molecule is C[N+]1=C(/C=C2/C(=O)C(/C=C3/N(CCCCCC(=O)O)c4ccccc4C3(C)C)=C2O)C(C)(C)c2ccccc21. The lowest BCUT2D eigenvalue weighted by molar-refractivity contribution is -0.401. The van der Waals surface area contributed by atoms with Gasteiger partial charge in [-0.2, -0.15) is 4.58 Å². The van der Waals surface area contributed by atoms with Crippen molar-refractivity contribution < 1.29 is 24.4 Å². The number of aliphatic hydroxyl groups is 1. The molecule has 2 aromatic carbocycles. The molecule has 0 amide bonds. The van der Waals surface area contributed by atoms with Crippen LogP contribution in [0.5, 0.6) is 0 Å². The highest BCUT2D eigenvalue weighted by atomic mass is 16.4. The van der Waals surface area contributed by atoms with Crippen LogP contribution in [0.2, 0.25) is 0 Å². The largest absolute Gasteiger partial charge is 0.506 e. The Morgan fingerprint density at radius 2 is 1.59 bits per heavy atom. The number of aliphatic hydroxyl groups excluding tert-OH is 1. The summed E-state index contributed by atoms with van der Waals surface area (Å²) in [6, 6.07) is 16.5. The van der Waals surface area contributed by atoms with Crippen molar-refractivity contribution in [3.63, 3.8) is 0 Å². The molecule has 1 aliphatic carbocycles. The molecule has 39 heavy (non-hydrogen) atoms. The number of aliphatic carboxylic acids is 1. The van der Waals surface area contributed by atoms with Crippen LogP contribution < -0.4 is 4.90 Å². The Morgan fingerprint density at radius 3 is 2.26 bits per heavy atom. The molecule has 0 atom stereocenters. The number of carboxylic acids is 1. The van der Waals surface area contributed by atoms with E-state index in [-0.39, 0.29) is 28.8 Å². The number of anilines is 1. The van der Waals surface area contributed by atoms with Gasteiger partial charge in [-0.3, -0.25) is 9.59 Å². The zero-order chi connectivity index (χ0) is 28.1. The zero-order valence-electron chi connectivity index (χ0n) is 23.4. The number of allylic oxidation sites excluding steroid dienone is 5. The van der Waals surface area contributed by atoms with E-state index in [0.717, 1.165) is 35.6 Å². The number of nitrogens with zero attached hydrogens (tertiary/aromatic N) is 2. The summed E-state index contributed by atoms with van der Waals surface area (Å²) in [5.41, 5.74) is 6.55.